The highest BCUT2D eigenvalue weighted by atomic mass is 19.1. The molecule has 2 amide bonds. The average Bonchev–Trinajstić information content (AvgIpc) is 3.20. The lowest BCUT2D eigenvalue weighted by molar-refractivity contribution is -0.131. The summed E-state index contributed by atoms with van der Waals surface area (Å²) in [5, 5.41) is 3.25. The Kier molecular flexibility index (Phi) is 6.61. The van der Waals surface area contributed by atoms with Gasteiger partial charge in [-0.05, 0) is 48.4 Å². The topological polar surface area (TPSA) is 83.7 Å². The van der Waals surface area contributed by atoms with Crippen molar-refractivity contribution < 1.29 is 18.8 Å². The maximum Gasteiger partial charge on any atom is 0.303 e. The number of hydrogen-bond donors (Lipinski definition) is 1. The van der Waals surface area contributed by atoms with Gasteiger partial charge in [0.15, 0.2) is 5.78 Å². The summed E-state index contributed by atoms with van der Waals surface area (Å²) in [6, 6.07) is 14.3. The first-order chi connectivity index (χ1) is 16.7. The van der Waals surface area contributed by atoms with Crippen molar-refractivity contribution in [3.05, 3.63) is 77.3 Å². The first-order valence-electron chi connectivity index (χ1n) is 11.3. The number of aromatic nitrogens is 1. The van der Waals surface area contributed by atoms with Crippen LogP contribution in [0.5, 0.6) is 0 Å². The van der Waals surface area contributed by atoms with E-state index in [0.717, 1.165) is 11.1 Å². The molecule has 1 aromatic heterocycles. The summed E-state index contributed by atoms with van der Waals surface area (Å²) in [6.45, 7) is 8.50. The summed E-state index contributed by atoms with van der Waals surface area (Å²) in [6.07, 6.45) is 0.543. The van der Waals surface area contributed by atoms with Crippen molar-refractivity contribution in [1.82, 2.24) is 15.2 Å². The third-order valence-corrected chi connectivity index (χ3v) is 6.23. The van der Waals surface area contributed by atoms with Gasteiger partial charge in [-0.1, -0.05) is 18.2 Å². The highest BCUT2D eigenvalue weighted by Gasteiger charge is 2.47. The summed E-state index contributed by atoms with van der Waals surface area (Å²) in [7, 11) is 1.57. The van der Waals surface area contributed by atoms with E-state index in [1.54, 1.807) is 37.5 Å². The Morgan fingerprint density at radius 3 is 2.69 bits per heavy atom. The molecule has 4 rings (SSSR count). The third kappa shape index (κ3) is 5.04. The molecule has 1 saturated heterocycles. The predicted octanol–water partition coefficient (Wildman–Crippen LogP) is 4.43. The zero-order chi connectivity index (χ0) is 25.2. The largest absolute Gasteiger partial charge is 0.355 e. The van der Waals surface area contributed by atoms with Crippen molar-refractivity contribution in [2.24, 2.45) is 0 Å². The molecule has 1 fully saturated rings. The summed E-state index contributed by atoms with van der Waals surface area (Å²) in [5.74, 6) is -0.823. The fraction of sp³-hybridized carbons (Fsp3) is 0.296. The van der Waals surface area contributed by atoms with Gasteiger partial charge in [0.1, 0.15) is 5.67 Å². The van der Waals surface area contributed by atoms with Crippen LogP contribution < -0.4 is 5.32 Å². The number of likely N-dealkylation sites (tertiary alicyclic amines) is 1. The Morgan fingerprint density at radius 2 is 1.94 bits per heavy atom. The second-order valence-corrected chi connectivity index (χ2v) is 8.92. The lowest BCUT2D eigenvalue weighted by Crippen LogP contribution is -2.35. The van der Waals surface area contributed by atoms with Gasteiger partial charge in [0.2, 0.25) is 5.91 Å². The molecule has 178 valence electrons. The Bertz CT molecular complexity index is 1360. The van der Waals surface area contributed by atoms with Crippen LogP contribution in [0.15, 0.2) is 54.7 Å². The maximum atomic E-state index is 14.3. The molecular formula is C27H25FN4O3. The number of Topliss-reactive ketones (excluding diaryl/α,β-unsaturated/α-hetero) is 1. The molecule has 1 aliphatic heterocycles. The van der Waals surface area contributed by atoms with Gasteiger partial charge in [-0.25, -0.2) is 11.0 Å². The smallest absolute Gasteiger partial charge is 0.303 e. The predicted molar refractivity (Wildman–Crippen MR) is 130 cm³/mol. The molecular weight excluding hydrogens is 447 g/mol. The number of amides is 2. The number of pyridine rings is 1. The average molecular weight is 473 g/mol. The minimum absolute atomic E-state index is 0.0188. The zero-order valence-electron chi connectivity index (χ0n) is 19.5. The fourth-order valence-corrected chi connectivity index (χ4v) is 4.44. The summed E-state index contributed by atoms with van der Waals surface area (Å²) in [4.78, 5) is 46.7. The Balaban J connectivity index is 1.57. The highest BCUT2D eigenvalue weighted by molar-refractivity contribution is 6.08. The van der Waals surface area contributed by atoms with Crippen LogP contribution >= 0.6 is 0 Å². The quantitative estimate of drug-likeness (QED) is 0.425. The van der Waals surface area contributed by atoms with E-state index in [2.05, 4.69) is 15.1 Å². The number of fused-ring (bicyclic) bond motifs is 1. The van der Waals surface area contributed by atoms with Crippen LogP contribution in [0.2, 0.25) is 0 Å². The Morgan fingerprint density at radius 1 is 1.17 bits per heavy atom. The number of ketones is 1. The third-order valence-electron chi connectivity index (χ3n) is 6.23. The second-order valence-electron chi connectivity index (χ2n) is 8.92. The van der Waals surface area contributed by atoms with Crippen LogP contribution in [-0.2, 0) is 4.79 Å². The first kappa shape index (κ1) is 24.0. The van der Waals surface area contributed by atoms with E-state index >= 15 is 0 Å². The van der Waals surface area contributed by atoms with Gasteiger partial charge < -0.3 is 5.32 Å². The van der Waals surface area contributed by atoms with Crippen molar-refractivity contribution >= 4 is 28.5 Å². The molecule has 35 heavy (non-hydrogen) atoms. The molecule has 0 radical (unpaired) electrons. The Labute approximate surface area is 202 Å². The Hall–Kier alpha value is -4.12. The van der Waals surface area contributed by atoms with E-state index in [-0.39, 0.29) is 37.5 Å². The molecule has 2 aromatic carbocycles. The molecule has 2 atom stereocenters. The minimum atomic E-state index is -1.60. The maximum absolute atomic E-state index is 14.3. The minimum Gasteiger partial charge on any atom is -0.355 e. The molecule has 0 spiro atoms. The molecule has 3 aromatic rings. The summed E-state index contributed by atoms with van der Waals surface area (Å²) in [5.41, 5.74) is 1.64. The van der Waals surface area contributed by atoms with Crippen molar-refractivity contribution in [3.63, 3.8) is 0 Å². The molecule has 0 aliphatic carbocycles. The van der Waals surface area contributed by atoms with E-state index in [4.69, 9.17) is 6.57 Å². The van der Waals surface area contributed by atoms with E-state index < -0.39 is 17.7 Å². The van der Waals surface area contributed by atoms with E-state index in [0.29, 0.717) is 22.0 Å². The van der Waals surface area contributed by atoms with Gasteiger partial charge in [0.05, 0.1) is 18.5 Å². The first-order valence-corrected chi connectivity index (χ1v) is 11.3. The SMILES string of the molecule is [C-]#[N+][C@@H]1CC(C)(F)CN1C(=O)CCC(=O)c1ccnc2ccc(-c3cccc(C(=O)NC)c3)cc12. The lowest BCUT2D eigenvalue weighted by Gasteiger charge is -2.17. The van der Waals surface area contributed by atoms with Gasteiger partial charge in [-0.15, -0.1) is 0 Å². The van der Waals surface area contributed by atoms with Gasteiger partial charge >= 0.3 is 6.17 Å². The monoisotopic (exact) mass is 472 g/mol. The number of benzene rings is 2. The van der Waals surface area contributed by atoms with Crippen LogP contribution in [0, 0.1) is 6.57 Å². The number of rotatable bonds is 6. The number of hydrogen-bond acceptors (Lipinski definition) is 4. The molecule has 0 saturated carbocycles. The van der Waals surface area contributed by atoms with Crippen molar-refractivity contribution in [3.8, 4) is 11.1 Å². The lowest BCUT2D eigenvalue weighted by atomic mass is 9.97. The van der Waals surface area contributed by atoms with Gasteiger partial charge in [0, 0.05) is 42.6 Å². The molecule has 2 heterocycles. The number of nitrogens with zero attached hydrogens (tertiary/aromatic N) is 3. The van der Waals surface area contributed by atoms with Crippen molar-refractivity contribution in [2.45, 2.75) is 38.0 Å². The second kappa shape index (κ2) is 9.63. The van der Waals surface area contributed by atoms with E-state index in [1.807, 2.05) is 24.3 Å². The molecule has 0 bridgehead atoms. The van der Waals surface area contributed by atoms with Crippen LogP contribution in [0.3, 0.4) is 0 Å². The number of carbonyl (C=O) groups is 3. The molecule has 1 aliphatic rings. The van der Waals surface area contributed by atoms with Gasteiger partial charge in [0.25, 0.3) is 5.91 Å². The molecule has 1 N–H and O–H groups in total. The normalized spacial score (nSPS) is 19.4. The van der Waals surface area contributed by atoms with E-state index in [9.17, 15) is 18.8 Å². The zero-order valence-corrected chi connectivity index (χ0v) is 19.5. The van der Waals surface area contributed by atoms with Gasteiger partial charge in [-0.3, -0.25) is 29.1 Å². The fourth-order valence-electron chi connectivity index (χ4n) is 4.44. The summed E-state index contributed by atoms with van der Waals surface area (Å²) < 4.78 is 14.3. The standard InChI is InChI=1S/C27H25FN4O3/c1-27(28)15-24(29-2)32(16-27)25(34)10-9-23(33)20-11-12-31-22-8-7-18(14-21(20)22)17-5-4-6-19(13-17)26(35)30-3/h4-8,11-14,24H,9-10,15-16H2,1,3H3,(H,30,35)/t24-,27?/m0/s1. The van der Waals surface area contributed by atoms with Crippen LogP contribution in [0.4, 0.5) is 4.39 Å². The van der Waals surface area contributed by atoms with Gasteiger partial charge in [-0.2, -0.15) is 0 Å². The highest BCUT2D eigenvalue weighted by Crippen LogP contribution is 2.32. The molecule has 7 nitrogen and oxygen atoms in total. The number of halogens is 1. The van der Waals surface area contributed by atoms with Crippen molar-refractivity contribution in [2.75, 3.05) is 13.6 Å². The summed E-state index contributed by atoms with van der Waals surface area (Å²) >= 11 is 0. The van der Waals surface area contributed by atoms with Crippen molar-refractivity contribution in [1.29, 1.82) is 0 Å². The number of alkyl halides is 1. The van der Waals surface area contributed by atoms with E-state index in [1.165, 1.54) is 11.8 Å². The van der Waals surface area contributed by atoms with Crippen LogP contribution in [-0.4, -0.2) is 52.9 Å². The number of nitrogens with one attached hydrogen (secondary N) is 1. The molecule has 1 unspecified atom stereocenters. The number of carbonyl (C=O) groups excluding carboxylic acids is 3. The molecule has 8 heteroatoms. The van der Waals surface area contributed by atoms with Crippen LogP contribution in [0.25, 0.3) is 26.9 Å². The van der Waals surface area contributed by atoms with Crippen LogP contribution in [0.1, 0.15) is 46.9 Å².